The van der Waals surface area contributed by atoms with E-state index in [4.69, 9.17) is 21.1 Å². The summed E-state index contributed by atoms with van der Waals surface area (Å²) in [6.07, 6.45) is 0. The third kappa shape index (κ3) is 7.19. The first-order valence-electron chi connectivity index (χ1n) is 9.10. The third-order valence-corrected chi connectivity index (χ3v) is 4.46. The van der Waals surface area contributed by atoms with Crippen molar-refractivity contribution >= 4 is 23.5 Å². The molecule has 29 heavy (non-hydrogen) atoms. The Bertz CT molecular complexity index is 838. The number of carbonyl (C=O) groups excluding carboxylic acids is 1. The Morgan fingerprint density at radius 3 is 2.31 bits per heavy atom. The van der Waals surface area contributed by atoms with Crippen LogP contribution in [0.3, 0.4) is 0 Å². The van der Waals surface area contributed by atoms with Gasteiger partial charge in [0.2, 0.25) is 5.91 Å². The topological polar surface area (TPSA) is 75.2 Å². The third-order valence-electron chi connectivity index (χ3n) is 4.16. The van der Waals surface area contributed by atoms with Crippen molar-refractivity contribution in [1.29, 1.82) is 0 Å². The van der Waals surface area contributed by atoms with E-state index in [2.05, 4.69) is 15.6 Å². The lowest BCUT2D eigenvalue weighted by Crippen LogP contribution is -2.42. The fraction of sp³-hybridized carbons (Fsp3) is 0.333. The van der Waals surface area contributed by atoms with E-state index >= 15 is 0 Å². The van der Waals surface area contributed by atoms with Gasteiger partial charge in [-0.15, -0.1) is 0 Å². The summed E-state index contributed by atoms with van der Waals surface area (Å²) in [6.45, 7) is 1.10. The highest BCUT2D eigenvalue weighted by Crippen LogP contribution is 2.25. The van der Waals surface area contributed by atoms with Crippen molar-refractivity contribution in [3.8, 4) is 11.5 Å². The van der Waals surface area contributed by atoms with E-state index in [1.54, 1.807) is 34.4 Å². The molecule has 8 heteroatoms. The largest absolute Gasteiger partial charge is 0.497 e. The van der Waals surface area contributed by atoms with Crippen LogP contribution >= 0.6 is 11.6 Å². The second kappa shape index (κ2) is 11.2. The molecular formula is C21H27ClN4O3. The molecule has 0 atom stereocenters. The van der Waals surface area contributed by atoms with Crippen molar-refractivity contribution in [2.24, 2.45) is 4.99 Å². The highest BCUT2D eigenvalue weighted by molar-refractivity contribution is 6.32. The first-order chi connectivity index (χ1) is 13.9. The van der Waals surface area contributed by atoms with Crippen molar-refractivity contribution in [2.75, 3.05) is 34.9 Å². The molecule has 2 aromatic rings. The van der Waals surface area contributed by atoms with Crippen LogP contribution in [0.15, 0.2) is 47.5 Å². The van der Waals surface area contributed by atoms with Gasteiger partial charge >= 0.3 is 0 Å². The minimum absolute atomic E-state index is 0.0450. The number of hydrogen-bond donors (Lipinski definition) is 2. The standard InChI is InChI=1S/C21H27ClN4O3/c1-26(2)20(27)14-25-21(23-12-15-5-8-17(28-3)9-6-15)24-13-16-7-10-19(29-4)18(22)11-16/h5-11H,12-14H2,1-4H3,(H2,23,24,25). The number of nitrogens with zero attached hydrogens (tertiary/aromatic N) is 2. The number of likely N-dealkylation sites (N-methyl/N-ethyl adjacent to an activating group) is 1. The SMILES string of the molecule is COc1ccc(CNC(=NCc2ccc(OC)c(Cl)c2)NCC(=O)N(C)C)cc1. The number of rotatable bonds is 8. The van der Waals surface area contributed by atoms with Crippen molar-refractivity contribution in [3.05, 3.63) is 58.6 Å². The summed E-state index contributed by atoms with van der Waals surface area (Å²) in [5.41, 5.74) is 1.99. The zero-order valence-corrected chi connectivity index (χ0v) is 17.9. The number of hydrogen-bond acceptors (Lipinski definition) is 4. The molecule has 2 N–H and O–H groups in total. The van der Waals surface area contributed by atoms with E-state index in [0.29, 0.717) is 29.8 Å². The van der Waals surface area contributed by atoms with E-state index in [1.165, 1.54) is 4.90 Å². The molecule has 0 aliphatic rings. The lowest BCUT2D eigenvalue weighted by molar-refractivity contribution is -0.127. The van der Waals surface area contributed by atoms with Crippen LogP contribution in [-0.4, -0.2) is 51.6 Å². The molecule has 0 fully saturated rings. The van der Waals surface area contributed by atoms with Crippen molar-refractivity contribution in [3.63, 3.8) is 0 Å². The zero-order chi connectivity index (χ0) is 21.2. The van der Waals surface area contributed by atoms with E-state index in [9.17, 15) is 4.79 Å². The molecule has 0 saturated heterocycles. The summed E-state index contributed by atoms with van der Waals surface area (Å²) in [4.78, 5) is 18.0. The molecule has 2 rings (SSSR count). The van der Waals surface area contributed by atoms with Crippen LogP contribution in [0.2, 0.25) is 5.02 Å². The Kier molecular flexibility index (Phi) is 8.61. The minimum Gasteiger partial charge on any atom is -0.497 e. The van der Waals surface area contributed by atoms with E-state index in [0.717, 1.165) is 16.9 Å². The van der Waals surface area contributed by atoms with Crippen LogP contribution in [0.1, 0.15) is 11.1 Å². The normalized spacial score (nSPS) is 11.0. The highest BCUT2D eigenvalue weighted by atomic mass is 35.5. The Balaban J connectivity index is 2.06. The summed E-state index contributed by atoms with van der Waals surface area (Å²) in [5.74, 6) is 1.90. The quantitative estimate of drug-likeness (QED) is 0.509. The molecule has 0 heterocycles. The molecule has 0 aliphatic heterocycles. The molecule has 0 bridgehead atoms. The predicted molar refractivity (Wildman–Crippen MR) is 116 cm³/mol. The summed E-state index contributed by atoms with van der Waals surface area (Å²) < 4.78 is 10.4. The number of nitrogens with one attached hydrogen (secondary N) is 2. The van der Waals surface area contributed by atoms with Crippen LogP contribution in [0.4, 0.5) is 0 Å². The maximum absolute atomic E-state index is 11.9. The number of methoxy groups -OCH3 is 2. The Morgan fingerprint density at radius 2 is 1.72 bits per heavy atom. The van der Waals surface area contributed by atoms with Gasteiger partial charge in [0.1, 0.15) is 11.5 Å². The van der Waals surface area contributed by atoms with Gasteiger partial charge in [0, 0.05) is 20.6 Å². The monoisotopic (exact) mass is 418 g/mol. The zero-order valence-electron chi connectivity index (χ0n) is 17.2. The molecule has 7 nitrogen and oxygen atoms in total. The average Bonchev–Trinajstić information content (AvgIpc) is 2.73. The maximum atomic E-state index is 11.9. The molecule has 0 aliphatic carbocycles. The van der Waals surface area contributed by atoms with Gasteiger partial charge < -0.3 is 25.0 Å². The van der Waals surface area contributed by atoms with Crippen LogP contribution in [-0.2, 0) is 17.9 Å². The number of halogens is 1. The van der Waals surface area contributed by atoms with E-state index < -0.39 is 0 Å². The molecule has 0 unspecified atom stereocenters. The molecule has 0 radical (unpaired) electrons. The first-order valence-corrected chi connectivity index (χ1v) is 9.48. The van der Waals surface area contributed by atoms with Crippen LogP contribution < -0.4 is 20.1 Å². The van der Waals surface area contributed by atoms with Crippen LogP contribution in [0.5, 0.6) is 11.5 Å². The Hall–Kier alpha value is -2.93. The second-order valence-corrected chi connectivity index (χ2v) is 6.88. The van der Waals surface area contributed by atoms with Crippen molar-refractivity contribution in [1.82, 2.24) is 15.5 Å². The van der Waals surface area contributed by atoms with Crippen LogP contribution in [0.25, 0.3) is 0 Å². The van der Waals surface area contributed by atoms with Gasteiger partial charge in [0.15, 0.2) is 5.96 Å². The first kappa shape index (κ1) is 22.4. The molecule has 156 valence electrons. The second-order valence-electron chi connectivity index (χ2n) is 6.48. The van der Waals surface area contributed by atoms with E-state index in [1.807, 2.05) is 36.4 Å². The number of aliphatic imine (C=N–C) groups is 1. The smallest absolute Gasteiger partial charge is 0.241 e. The number of carbonyl (C=O) groups is 1. The number of guanidine groups is 1. The number of amides is 1. The minimum atomic E-state index is -0.0450. The molecule has 0 spiro atoms. The van der Waals surface area contributed by atoms with E-state index in [-0.39, 0.29) is 12.5 Å². The van der Waals surface area contributed by atoms with Crippen molar-refractivity contribution in [2.45, 2.75) is 13.1 Å². The molecule has 0 saturated carbocycles. The van der Waals surface area contributed by atoms with Gasteiger partial charge in [-0.05, 0) is 35.4 Å². The lowest BCUT2D eigenvalue weighted by atomic mass is 10.2. The summed E-state index contributed by atoms with van der Waals surface area (Å²) >= 11 is 6.18. The summed E-state index contributed by atoms with van der Waals surface area (Å²) in [6, 6.07) is 13.3. The van der Waals surface area contributed by atoms with Gasteiger partial charge in [-0.1, -0.05) is 29.8 Å². The Morgan fingerprint density at radius 1 is 1.03 bits per heavy atom. The highest BCUT2D eigenvalue weighted by Gasteiger charge is 2.07. The fourth-order valence-corrected chi connectivity index (χ4v) is 2.68. The van der Waals surface area contributed by atoms with Gasteiger partial charge in [-0.25, -0.2) is 4.99 Å². The van der Waals surface area contributed by atoms with Crippen LogP contribution in [0, 0.1) is 0 Å². The lowest BCUT2D eigenvalue weighted by Gasteiger charge is -2.15. The summed E-state index contributed by atoms with van der Waals surface area (Å²) in [5, 5.41) is 6.84. The molecular weight excluding hydrogens is 392 g/mol. The average molecular weight is 419 g/mol. The molecule has 0 aromatic heterocycles. The maximum Gasteiger partial charge on any atom is 0.241 e. The summed E-state index contributed by atoms with van der Waals surface area (Å²) in [7, 11) is 6.64. The fourth-order valence-electron chi connectivity index (χ4n) is 2.40. The van der Waals surface area contributed by atoms with Gasteiger partial charge in [-0.3, -0.25) is 4.79 Å². The number of benzene rings is 2. The van der Waals surface area contributed by atoms with Gasteiger partial charge in [0.25, 0.3) is 0 Å². The van der Waals surface area contributed by atoms with Crippen molar-refractivity contribution < 1.29 is 14.3 Å². The molecule has 2 aromatic carbocycles. The number of ether oxygens (including phenoxy) is 2. The predicted octanol–water partition coefficient (Wildman–Crippen LogP) is 2.68. The Labute approximate surface area is 176 Å². The van der Waals surface area contributed by atoms with Gasteiger partial charge in [0.05, 0.1) is 32.3 Å². The molecule has 1 amide bonds. The van der Waals surface area contributed by atoms with Gasteiger partial charge in [-0.2, -0.15) is 0 Å².